The second-order valence-electron chi connectivity index (χ2n) is 10.1. The summed E-state index contributed by atoms with van der Waals surface area (Å²) in [5.41, 5.74) is 1.19. The summed E-state index contributed by atoms with van der Waals surface area (Å²) >= 11 is 0. The van der Waals surface area contributed by atoms with E-state index < -0.39 is 5.60 Å². The number of ether oxygens (including phenoxy) is 1. The standard InChI is InChI=1S/C25H37N3O4/c1-18-7-5-6-8-21(18)23(30)26-20-11-15-27(16-12-20)22(29)17-19-9-13-28(14-10-19)24(31)32-25(2,3)4/h5-8,19-20H,9-17H2,1-4H3,(H,26,30). The predicted molar refractivity (Wildman–Crippen MR) is 123 cm³/mol. The van der Waals surface area contributed by atoms with Crippen molar-refractivity contribution in [1.82, 2.24) is 15.1 Å². The largest absolute Gasteiger partial charge is 0.444 e. The molecule has 2 saturated heterocycles. The van der Waals surface area contributed by atoms with E-state index in [1.54, 1.807) is 4.90 Å². The molecule has 7 heteroatoms. The first-order valence-corrected chi connectivity index (χ1v) is 11.7. The highest BCUT2D eigenvalue weighted by Crippen LogP contribution is 2.24. The molecule has 3 amide bonds. The molecule has 2 aliphatic heterocycles. The van der Waals surface area contributed by atoms with Gasteiger partial charge in [-0.05, 0) is 70.9 Å². The normalized spacial score (nSPS) is 18.4. The van der Waals surface area contributed by atoms with E-state index >= 15 is 0 Å². The lowest BCUT2D eigenvalue weighted by Gasteiger charge is -2.36. The van der Waals surface area contributed by atoms with E-state index in [1.807, 2.05) is 56.9 Å². The molecule has 7 nitrogen and oxygen atoms in total. The number of carbonyl (C=O) groups is 3. The molecule has 0 bridgehead atoms. The molecule has 1 aromatic rings. The van der Waals surface area contributed by atoms with Crippen molar-refractivity contribution >= 4 is 17.9 Å². The van der Waals surface area contributed by atoms with E-state index in [-0.39, 0.29) is 23.9 Å². The summed E-state index contributed by atoms with van der Waals surface area (Å²) in [6.07, 6.45) is 3.47. The molecule has 2 fully saturated rings. The van der Waals surface area contributed by atoms with E-state index in [4.69, 9.17) is 4.74 Å². The van der Waals surface area contributed by atoms with Gasteiger partial charge in [0.1, 0.15) is 5.60 Å². The third-order valence-corrected chi connectivity index (χ3v) is 6.30. The van der Waals surface area contributed by atoms with Crippen molar-refractivity contribution in [2.24, 2.45) is 5.92 Å². The van der Waals surface area contributed by atoms with Crippen LogP contribution in [-0.2, 0) is 9.53 Å². The van der Waals surface area contributed by atoms with Crippen LogP contribution < -0.4 is 5.32 Å². The average molecular weight is 444 g/mol. The highest BCUT2D eigenvalue weighted by Gasteiger charge is 2.30. The number of rotatable bonds is 4. The van der Waals surface area contributed by atoms with Gasteiger partial charge in [0, 0.05) is 44.2 Å². The van der Waals surface area contributed by atoms with Crippen molar-refractivity contribution in [3.63, 3.8) is 0 Å². The number of piperidine rings is 2. The SMILES string of the molecule is Cc1ccccc1C(=O)NC1CCN(C(=O)CC2CCN(C(=O)OC(C)(C)C)CC2)CC1. The number of benzene rings is 1. The highest BCUT2D eigenvalue weighted by atomic mass is 16.6. The third kappa shape index (κ3) is 6.71. The van der Waals surface area contributed by atoms with Crippen molar-refractivity contribution in [3.8, 4) is 0 Å². The molecule has 3 rings (SSSR count). The van der Waals surface area contributed by atoms with Crippen LogP contribution >= 0.6 is 0 Å². The number of hydrogen-bond donors (Lipinski definition) is 1. The maximum absolute atomic E-state index is 12.8. The molecule has 176 valence electrons. The van der Waals surface area contributed by atoms with Gasteiger partial charge in [-0.3, -0.25) is 9.59 Å². The van der Waals surface area contributed by atoms with Gasteiger partial charge in [0.05, 0.1) is 0 Å². The monoisotopic (exact) mass is 443 g/mol. The van der Waals surface area contributed by atoms with E-state index in [1.165, 1.54) is 0 Å². The summed E-state index contributed by atoms with van der Waals surface area (Å²) in [5.74, 6) is 0.452. The molecule has 32 heavy (non-hydrogen) atoms. The molecule has 2 aliphatic rings. The molecule has 0 unspecified atom stereocenters. The Balaban J connectivity index is 1.38. The number of aryl methyl sites for hydroxylation is 1. The van der Waals surface area contributed by atoms with Crippen LogP contribution in [0.2, 0.25) is 0 Å². The molecule has 0 aliphatic carbocycles. The Morgan fingerprint density at radius 2 is 1.56 bits per heavy atom. The van der Waals surface area contributed by atoms with Crippen LogP contribution in [-0.4, -0.2) is 65.5 Å². The van der Waals surface area contributed by atoms with Gasteiger partial charge < -0.3 is 19.9 Å². The summed E-state index contributed by atoms with van der Waals surface area (Å²) < 4.78 is 5.44. The molecule has 0 saturated carbocycles. The summed E-state index contributed by atoms with van der Waals surface area (Å²) in [5, 5.41) is 3.12. The van der Waals surface area contributed by atoms with Gasteiger partial charge in [-0.15, -0.1) is 0 Å². The fourth-order valence-corrected chi connectivity index (χ4v) is 4.39. The summed E-state index contributed by atoms with van der Waals surface area (Å²) in [6, 6.07) is 7.69. The first-order valence-electron chi connectivity index (χ1n) is 11.7. The van der Waals surface area contributed by atoms with Crippen molar-refractivity contribution in [2.75, 3.05) is 26.2 Å². The number of amides is 3. The van der Waals surface area contributed by atoms with Gasteiger partial charge in [-0.25, -0.2) is 4.79 Å². The maximum atomic E-state index is 12.8. The van der Waals surface area contributed by atoms with Gasteiger partial charge in [-0.1, -0.05) is 18.2 Å². The Morgan fingerprint density at radius 1 is 0.969 bits per heavy atom. The molecule has 0 atom stereocenters. The van der Waals surface area contributed by atoms with Crippen LogP contribution in [0.5, 0.6) is 0 Å². The summed E-state index contributed by atoms with van der Waals surface area (Å²) in [7, 11) is 0. The Morgan fingerprint density at radius 3 is 2.16 bits per heavy atom. The van der Waals surface area contributed by atoms with E-state index in [2.05, 4.69) is 5.32 Å². The summed E-state index contributed by atoms with van der Waals surface area (Å²) in [4.78, 5) is 41.2. The predicted octanol–water partition coefficient (Wildman–Crippen LogP) is 3.75. The zero-order valence-corrected chi connectivity index (χ0v) is 19.9. The number of nitrogens with one attached hydrogen (secondary N) is 1. The molecular weight excluding hydrogens is 406 g/mol. The molecule has 1 aromatic carbocycles. The lowest BCUT2D eigenvalue weighted by molar-refractivity contribution is -0.133. The molecule has 2 heterocycles. The second-order valence-corrected chi connectivity index (χ2v) is 10.1. The van der Waals surface area contributed by atoms with Crippen LogP contribution in [0.4, 0.5) is 4.79 Å². The number of nitrogens with zero attached hydrogens (tertiary/aromatic N) is 2. The number of carbonyl (C=O) groups excluding carboxylic acids is 3. The Bertz CT molecular complexity index is 817. The Kier molecular flexibility index (Phi) is 7.80. The second kappa shape index (κ2) is 10.4. The van der Waals surface area contributed by atoms with Crippen LogP contribution in [0, 0.1) is 12.8 Å². The smallest absolute Gasteiger partial charge is 0.410 e. The van der Waals surface area contributed by atoms with Crippen LogP contribution in [0.15, 0.2) is 24.3 Å². The van der Waals surface area contributed by atoms with Gasteiger partial charge in [-0.2, -0.15) is 0 Å². The van der Waals surface area contributed by atoms with Crippen LogP contribution in [0.1, 0.15) is 68.8 Å². The first kappa shape index (κ1) is 24.1. The van der Waals surface area contributed by atoms with E-state index in [0.29, 0.717) is 44.1 Å². The van der Waals surface area contributed by atoms with Crippen molar-refractivity contribution < 1.29 is 19.1 Å². The van der Waals surface area contributed by atoms with Gasteiger partial charge in [0.25, 0.3) is 5.91 Å². The first-order chi connectivity index (χ1) is 15.1. The zero-order valence-electron chi connectivity index (χ0n) is 19.9. The average Bonchev–Trinajstić information content (AvgIpc) is 2.73. The fourth-order valence-electron chi connectivity index (χ4n) is 4.39. The minimum atomic E-state index is -0.491. The maximum Gasteiger partial charge on any atom is 0.410 e. The minimum absolute atomic E-state index is 0.0374. The Labute approximate surface area is 191 Å². The van der Waals surface area contributed by atoms with E-state index in [9.17, 15) is 14.4 Å². The molecule has 1 N–H and O–H groups in total. The highest BCUT2D eigenvalue weighted by molar-refractivity contribution is 5.95. The number of hydrogen-bond acceptors (Lipinski definition) is 4. The fraction of sp³-hybridized carbons (Fsp3) is 0.640. The topological polar surface area (TPSA) is 79.0 Å². The van der Waals surface area contributed by atoms with Crippen molar-refractivity contribution in [2.45, 2.75) is 71.4 Å². The molecular formula is C25H37N3O4. The molecule has 0 radical (unpaired) electrons. The van der Waals surface area contributed by atoms with Crippen molar-refractivity contribution in [3.05, 3.63) is 35.4 Å². The third-order valence-electron chi connectivity index (χ3n) is 6.30. The van der Waals surface area contributed by atoms with E-state index in [0.717, 1.165) is 31.2 Å². The van der Waals surface area contributed by atoms with Crippen LogP contribution in [0.25, 0.3) is 0 Å². The van der Waals surface area contributed by atoms with Gasteiger partial charge >= 0.3 is 6.09 Å². The van der Waals surface area contributed by atoms with Gasteiger partial charge in [0.2, 0.25) is 5.91 Å². The molecule has 0 spiro atoms. The van der Waals surface area contributed by atoms with Gasteiger partial charge in [0.15, 0.2) is 0 Å². The Hall–Kier alpha value is -2.57. The quantitative estimate of drug-likeness (QED) is 0.769. The lowest BCUT2D eigenvalue weighted by atomic mass is 9.92. The van der Waals surface area contributed by atoms with Crippen LogP contribution in [0.3, 0.4) is 0 Å². The number of likely N-dealkylation sites (tertiary alicyclic amines) is 2. The summed E-state index contributed by atoms with van der Waals surface area (Å²) in [6.45, 7) is 10.2. The van der Waals surface area contributed by atoms with Crippen molar-refractivity contribution in [1.29, 1.82) is 0 Å². The molecule has 0 aromatic heterocycles. The minimum Gasteiger partial charge on any atom is -0.444 e. The zero-order chi connectivity index (χ0) is 23.3. The lowest BCUT2D eigenvalue weighted by Crippen LogP contribution is -2.47.